The summed E-state index contributed by atoms with van der Waals surface area (Å²) < 4.78 is 4.57. The molecule has 0 radical (unpaired) electrons. The first-order valence-electron chi connectivity index (χ1n) is 11.9. The zero-order valence-electron chi connectivity index (χ0n) is 20.7. The zero-order valence-corrected chi connectivity index (χ0v) is 20.7. The Bertz CT molecular complexity index is 1990. The predicted octanol–water partition coefficient (Wildman–Crippen LogP) is 2.51. The summed E-state index contributed by atoms with van der Waals surface area (Å²) in [6.45, 7) is 0. The van der Waals surface area contributed by atoms with Gasteiger partial charge in [-0.05, 0) is 35.7 Å². The van der Waals surface area contributed by atoms with Crippen molar-refractivity contribution >= 4 is 34.0 Å². The van der Waals surface area contributed by atoms with Gasteiger partial charge in [-0.3, -0.25) is 29.7 Å². The fourth-order valence-electron chi connectivity index (χ4n) is 4.32. The maximum atomic E-state index is 14.0. The third-order valence-electron chi connectivity index (χ3n) is 6.06. The van der Waals surface area contributed by atoms with Crippen LogP contribution in [0.5, 0.6) is 0 Å². The Kier molecular flexibility index (Phi) is 5.74. The van der Waals surface area contributed by atoms with Crippen molar-refractivity contribution in [3.05, 3.63) is 112 Å². The average Bonchev–Trinajstić information content (AvgIpc) is 3.52. The molecule has 0 aliphatic rings. The molecule has 0 saturated carbocycles. The van der Waals surface area contributed by atoms with Gasteiger partial charge in [-0.2, -0.15) is 5.10 Å². The molecule has 0 aliphatic heterocycles. The minimum absolute atomic E-state index is 0.0313. The number of fused-ring (bicyclic) bond motifs is 2. The normalized spacial score (nSPS) is 10.8. The number of carbonyl (C=O) groups excluding carboxylic acids is 1. The van der Waals surface area contributed by atoms with E-state index in [1.807, 2.05) is 37.4 Å². The van der Waals surface area contributed by atoms with Gasteiger partial charge in [-0.15, -0.1) is 5.10 Å². The van der Waals surface area contributed by atoms with E-state index in [2.05, 4.69) is 37.9 Å². The Morgan fingerprint density at radius 3 is 2.69 bits per heavy atom. The first kappa shape index (κ1) is 23.5. The minimum atomic E-state index is -0.551. The molecule has 6 rings (SSSR count). The van der Waals surface area contributed by atoms with Crippen LogP contribution in [0.2, 0.25) is 0 Å². The van der Waals surface area contributed by atoms with Crippen LogP contribution >= 0.6 is 0 Å². The molecule has 6 aromatic rings. The van der Waals surface area contributed by atoms with Crippen molar-refractivity contribution in [2.45, 2.75) is 0 Å². The van der Waals surface area contributed by atoms with Crippen LogP contribution in [-0.2, 0) is 7.05 Å². The van der Waals surface area contributed by atoms with E-state index in [1.165, 1.54) is 9.08 Å². The molecule has 0 spiro atoms. The Morgan fingerprint density at radius 2 is 1.90 bits per heavy atom. The lowest BCUT2D eigenvalue weighted by Crippen LogP contribution is -2.33. The number of aromatic nitrogens is 6. The van der Waals surface area contributed by atoms with Crippen molar-refractivity contribution in [3.8, 4) is 17.5 Å². The Labute approximate surface area is 221 Å². The van der Waals surface area contributed by atoms with E-state index in [-0.39, 0.29) is 16.9 Å². The van der Waals surface area contributed by atoms with E-state index in [0.29, 0.717) is 33.5 Å². The molecule has 0 aliphatic carbocycles. The largest absolute Gasteiger partial charge is 0.381 e. The van der Waals surface area contributed by atoms with Crippen molar-refractivity contribution in [2.24, 2.45) is 7.05 Å². The number of nitrogens with one attached hydrogen (secondary N) is 2. The molecule has 0 bridgehead atoms. The van der Waals surface area contributed by atoms with Gasteiger partial charge in [-0.25, -0.2) is 9.50 Å². The topological polar surface area (TPSA) is 137 Å². The third-order valence-corrected chi connectivity index (χ3v) is 6.06. The van der Waals surface area contributed by atoms with Crippen LogP contribution in [0.3, 0.4) is 0 Å². The molecule has 2 aromatic carbocycles. The molecular formula is C28H21N9O2. The van der Waals surface area contributed by atoms with Crippen molar-refractivity contribution in [3.63, 3.8) is 0 Å². The highest BCUT2D eigenvalue weighted by Gasteiger charge is 2.20. The summed E-state index contributed by atoms with van der Waals surface area (Å²) in [6.07, 6.45) is 6.66. The molecule has 39 heavy (non-hydrogen) atoms. The second-order valence-electron chi connectivity index (χ2n) is 8.66. The van der Waals surface area contributed by atoms with Crippen LogP contribution in [0.15, 0.2) is 90.2 Å². The van der Waals surface area contributed by atoms with Crippen molar-refractivity contribution in [2.75, 3.05) is 11.2 Å². The second-order valence-corrected chi connectivity index (χ2v) is 8.66. The zero-order chi connectivity index (χ0) is 26.9. The number of nitrogens with zero attached hydrogens (tertiary/aromatic N) is 6. The fraction of sp³-hybridized carbons (Fsp3) is 0.0357. The van der Waals surface area contributed by atoms with Crippen molar-refractivity contribution < 1.29 is 4.79 Å². The highest BCUT2D eigenvalue weighted by atomic mass is 16.2. The summed E-state index contributed by atoms with van der Waals surface area (Å²) in [5.74, 6) is 6.00. The summed E-state index contributed by atoms with van der Waals surface area (Å²) in [5, 5.41) is 9.37. The lowest BCUT2D eigenvalue weighted by atomic mass is 10.1. The second kappa shape index (κ2) is 9.53. The molecule has 11 heteroatoms. The fourth-order valence-corrected chi connectivity index (χ4v) is 4.32. The van der Waals surface area contributed by atoms with Gasteiger partial charge < -0.3 is 5.73 Å². The monoisotopic (exact) mass is 515 g/mol. The molecule has 11 nitrogen and oxygen atoms in total. The molecule has 0 fully saturated rings. The lowest BCUT2D eigenvalue weighted by Gasteiger charge is -2.17. The number of hydrogen-bond acceptors (Lipinski definition) is 7. The summed E-state index contributed by atoms with van der Waals surface area (Å²) >= 11 is 0. The number of aryl methyl sites for hydroxylation is 1. The maximum Gasteiger partial charge on any atom is 0.277 e. The number of amides is 1. The van der Waals surface area contributed by atoms with Gasteiger partial charge in [-0.1, -0.05) is 42.2 Å². The number of carbonyl (C=O) groups is 1. The Hall–Kier alpha value is -5.89. The molecule has 4 heterocycles. The van der Waals surface area contributed by atoms with Crippen LogP contribution in [0.25, 0.3) is 22.1 Å². The Morgan fingerprint density at radius 1 is 1.05 bits per heavy atom. The number of benzene rings is 2. The minimum Gasteiger partial charge on any atom is -0.381 e. The molecule has 4 N–H and O–H groups in total. The van der Waals surface area contributed by atoms with Crippen LogP contribution in [0, 0.1) is 11.8 Å². The molecule has 0 saturated heterocycles. The number of nitrogens with two attached hydrogens (primary N) is 1. The lowest BCUT2D eigenvalue weighted by molar-refractivity contribution is 0.0964. The first-order chi connectivity index (χ1) is 19.0. The van der Waals surface area contributed by atoms with Crippen LogP contribution < -0.4 is 22.1 Å². The van der Waals surface area contributed by atoms with Crippen LogP contribution in [0.4, 0.5) is 11.6 Å². The van der Waals surface area contributed by atoms with Crippen LogP contribution in [-0.4, -0.2) is 34.9 Å². The van der Waals surface area contributed by atoms with E-state index >= 15 is 0 Å². The summed E-state index contributed by atoms with van der Waals surface area (Å²) in [4.78, 5) is 31.3. The third kappa shape index (κ3) is 4.32. The predicted molar refractivity (Wildman–Crippen MR) is 147 cm³/mol. The molecule has 1 amide bonds. The number of nitrogen functional groups attached to an aromatic ring is 1. The van der Waals surface area contributed by atoms with E-state index in [9.17, 15) is 9.59 Å². The molecule has 190 valence electrons. The number of pyridine rings is 1. The van der Waals surface area contributed by atoms with Gasteiger partial charge in [0.15, 0.2) is 11.5 Å². The van der Waals surface area contributed by atoms with E-state index in [0.717, 1.165) is 5.56 Å². The number of hydrogen-bond donors (Lipinski definition) is 3. The molecular weight excluding hydrogens is 494 g/mol. The van der Waals surface area contributed by atoms with Gasteiger partial charge in [0.25, 0.3) is 11.5 Å². The van der Waals surface area contributed by atoms with Gasteiger partial charge in [0.1, 0.15) is 11.4 Å². The average molecular weight is 516 g/mol. The first-order valence-corrected chi connectivity index (χ1v) is 11.9. The van der Waals surface area contributed by atoms with Gasteiger partial charge in [0, 0.05) is 31.2 Å². The van der Waals surface area contributed by atoms with E-state index in [4.69, 9.17) is 5.73 Å². The number of rotatable bonds is 4. The molecule has 0 unspecified atom stereocenters. The Balaban J connectivity index is 1.44. The standard InChI is InChI=1S/C28H21N9O2/c1-35-17-18(16-31-35)11-12-19-7-5-8-20-15-22(37(28(39)23(19)20)21-9-3-2-4-10-21)32-33-27(38)24-25(29)34-36-14-6-13-30-26(24)36/h2-10,13-17,32H,1H3,(H2,29,34)(H,33,38). The van der Waals surface area contributed by atoms with Crippen molar-refractivity contribution in [1.29, 1.82) is 0 Å². The summed E-state index contributed by atoms with van der Waals surface area (Å²) in [6, 6.07) is 18.0. The number of hydrazine groups is 1. The maximum absolute atomic E-state index is 14.0. The smallest absolute Gasteiger partial charge is 0.277 e. The summed E-state index contributed by atoms with van der Waals surface area (Å²) in [5.41, 5.74) is 13.6. The highest BCUT2D eigenvalue weighted by molar-refractivity contribution is 6.04. The van der Waals surface area contributed by atoms with Crippen LogP contribution in [0.1, 0.15) is 21.5 Å². The van der Waals surface area contributed by atoms with E-state index in [1.54, 1.807) is 59.8 Å². The van der Waals surface area contributed by atoms with Gasteiger partial charge >= 0.3 is 0 Å². The summed E-state index contributed by atoms with van der Waals surface area (Å²) in [7, 11) is 1.81. The highest BCUT2D eigenvalue weighted by Crippen LogP contribution is 2.22. The SMILES string of the molecule is Cn1cc(C#Cc2cccc3cc(NNC(=O)c4c(N)nn5cccnc45)n(-c4ccccc4)c(=O)c23)cn1. The van der Waals surface area contributed by atoms with Gasteiger partial charge in [0.2, 0.25) is 0 Å². The quantitative estimate of drug-likeness (QED) is 0.242. The number of para-hydroxylation sites is 1. The van der Waals surface area contributed by atoms with Gasteiger partial charge in [0.05, 0.1) is 22.8 Å². The van der Waals surface area contributed by atoms with E-state index < -0.39 is 5.91 Å². The molecule has 4 aromatic heterocycles. The number of anilines is 2. The molecule has 0 atom stereocenters. The van der Waals surface area contributed by atoms with Crippen molar-refractivity contribution in [1.82, 2.24) is 34.4 Å².